The number of fused-ring (bicyclic) bond motifs is 1. The van der Waals surface area contributed by atoms with E-state index >= 15 is 0 Å². The second kappa shape index (κ2) is 7.80. The van der Waals surface area contributed by atoms with Crippen molar-refractivity contribution in [2.45, 2.75) is 17.9 Å². The fraction of sp³-hybridized carbons (Fsp3) is 0.400. The molecule has 146 valence electrons. The summed E-state index contributed by atoms with van der Waals surface area (Å²) >= 11 is 0. The van der Waals surface area contributed by atoms with Gasteiger partial charge in [-0.3, -0.25) is 0 Å². The molecular formula is C20H25ClN2O3S. The number of sulfonamides is 1. The number of rotatable bonds is 4. The summed E-state index contributed by atoms with van der Waals surface area (Å²) in [6.45, 7) is 4.34. The molecule has 1 N–H and O–H groups in total. The Bertz CT molecular complexity index is 919. The Balaban J connectivity index is 0.00000210. The topological polar surface area (TPSA) is 58.6 Å². The molecule has 2 aromatic rings. The highest BCUT2D eigenvalue weighted by Gasteiger charge is 2.50. The number of benzene rings is 2. The number of ether oxygens (including phenoxy) is 1. The van der Waals surface area contributed by atoms with Crippen LogP contribution in [0.4, 0.5) is 0 Å². The molecule has 4 rings (SSSR count). The third kappa shape index (κ3) is 3.47. The molecular weight excluding hydrogens is 384 g/mol. The highest BCUT2D eigenvalue weighted by atomic mass is 35.5. The lowest BCUT2D eigenvalue weighted by Gasteiger charge is -2.29. The second-order valence-electron chi connectivity index (χ2n) is 7.14. The fourth-order valence-electron chi connectivity index (χ4n) is 4.33. The van der Waals surface area contributed by atoms with Gasteiger partial charge in [-0.2, -0.15) is 4.31 Å². The minimum atomic E-state index is -3.60. The molecule has 0 amide bonds. The summed E-state index contributed by atoms with van der Waals surface area (Å²) in [7, 11) is -2.05. The first-order chi connectivity index (χ1) is 12.5. The number of nitrogens with zero attached hydrogens (tertiary/aromatic N) is 1. The Labute approximate surface area is 167 Å². The van der Waals surface area contributed by atoms with Crippen molar-refractivity contribution in [2.75, 3.05) is 26.7 Å². The summed E-state index contributed by atoms with van der Waals surface area (Å²) < 4.78 is 33.9. The number of hydrogen-bond donors (Lipinski definition) is 1. The van der Waals surface area contributed by atoms with Gasteiger partial charge in [0.25, 0.3) is 0 Å². The lowest BCUT2D eigenvalue weighted by molar-refractivity contribution is 0.344. The highest BCUT2D eigenvalue weighted by molar-refractivity contribution is 7.89. The molecule has 0 aromatic heterocycles. The average molecular weight is 409 g/mol. The second-order valence-corrected chi connectivity index (χ2v) is 9.03. The van der Waals surface area contributed by atoms with Gasteiger partial charge in [-0.05, 0) is 48.6 Å². The van der Waals surface area contributed by atoms with Gasteiger partial charge in [0, 0.05) is 19.2 Å². The summed E-state index contributed by atoms with van der Waals surface area (Å²) in [5.74, 6) is 1.20. The molecule has 0 bridgehead atoms. The smallest absolute Gasteiger partial charge is 0.243 e. The number of hydrogen-bond acceptors (Lipinski definition) is 4. The van der Waals surface area contributed by atoms with E-state index in [9.17, 15) is 8.42 Å². The molecule has 2 fully saturated rings. The third-order valence-electron chi connectivity index (χ3n) is 5.68. The first-order valence-electron chi connectivity index (χ1n) is 8.94. The minimum absolute atomic E-state index is 0. The van der Waals surface area contributed by atoms with Crippen molar-refractivity contribution in [3.63, 3.8) is 0 Å². The number of aryl methyl sites for hydroxylation is 1. The van der Waals surface area contributed by atoms with Crippen molar-refractivity contribution in [2.24, 2.45) is 11.8 Å². The highest BCUT2D eigenvalue weighted by Crippen LogP contribution is 2.46. The van der Waals surface area contributed by atoms with Crippen LogP contribution in [0.25, 0.3) is 0 Å². The van der Waals surface area contributed by atoms with E-state index in [-0.39, 0.29) is 18.4 Å². The van der Waals surface area contributed by atoms with E-state index in [1.54, 1.807) is 35.7 Å². The Hall–Kier alpha value is -1.60. The molecule has 2 aliphatic heterocycles. The van der Waals surface area contributed by atoms with Gasteiger partial charge in [0.15, 0.2) is 0 Å². The van der Waals surface area contributed by atoms with E-state index in [4.69, 9.17) is 4.74 Å². The van der Waals surface area contributed by atoms with Gasteiger partial charge in [-0.1, -0.05) is 30.3 Å². The first kappa shape index (κ1) is 20.1. The normalized spacial score (nSPS) is 25.0. The van der Waals surface area contributed by atoms with Crippen molar-refractivity contribution >= 4 is 22.4 Å². The average Bonchev–Trinajstić information content (AvgIpc) is 3.24. The fourth-order valence-corrected chi connectivity index (χ4v) is 6.07. The molecule has 5 nitrogen and oxygen atoms in total. The van der Waals surface area contributed by atoms with Gasteiger partial charge in [0.2, 0.25) is 10.0 Å². The summed E-state index contributed by atoms with van der Waals surface area (Å²) in [6, 6.07) is 14.7. The van der Waals surface area contributed by atoms with Crippen LogP contribution in [0.1, 0.15) is 17.2 Å². The van der Waals surface area contributed by atoms with Crippen LogP contribution in [0.15, 0.2) is 53.4 Å². The molecule has 0 radical (unpaired) electrons. The third-order valence-corrected chi connectivity index (χ3v) is 7.52. The molecule has 2 heterocycles. The van der Waals surface area contributed by atoms with E-state index in [2.05, 4.69) is 24.4 Å². The quantitative estimate of drug-likeness (QED) is 0.844. The van der Waals surface area contributed by atoms with Gasteiger partial charge >= 0.3 is 0 Å². The van der Waals surface area contributed by atoms with Crippen molar-refractivity contribution in [1.29, 1.82) is 0 Å². The SMILES string of the molecule is COc1cccc(S(=O)(=O)N2C[C@@H]3CNC[C@@H]3[C@@H]2c2ccccc2C)c1.Cl. The molecule has 3 atom stereocenters. The zero-order chi connectivity index (χ0) is 18.3. The molecule has 27 heavy (non-hydrogen) atoms. The van der Waals surface area contributed by atoms with Crippen molar-refractivity contribution < 1.29 is 13.2 Å². The summed E-state index contributed by atoms with van der Waals surface area (Å²) in [6.07, 6.45) is 0. The molecule has 0 saturated carbocycles. The Morgan fingerprint density at radius 3 is 2.63 bits per heavy atom. The van der Waals surface area contributed by atoms with E-state index in [0.29, 0.717) is 29.0 Å². The lowest BCUT2D eigenvalue weighted by Crippen LogP contribution is -2.35. The van der Waals surface area contributed by atoms with Gasteiger partial charge in [-0.25, -0.2) is 8.42 Å². The molecule has 7 heteroatoms. The van der Waals surface area contributed by atoms with E-state index < -0.39 is 10.0 Å². The molecule has 0 spiro atoms. The Kier molecular flexibility index (Phi) is 5.82. The summed E-state index contributed by atoms with van der Waals surface area (Å²) in [5, 5.41) is 3.43. The summed E-state index contributed by atoms with van der Waals surface area (Å²) in [4.78, 5) is 0.295. The number of halogens is 1. The minimum Gasteiger partial charge on any atom is -0.497 e. The van der Waals surface area contributed by atoms with Crippen molar-refractivity contribution in [3.05, 3.63) is 59.7 Å². The van der Waals surface area contributed by atoms with E-state index in [1.165, 1.54) is 0 Å². The largest absolute Gasteiger partial charge is 0.497 e. The van der Waals surface area contributed by atoms with Gasteiger partial charge in [-0.15, -0.1) is 12.4 Å². The maximum absolute atomic E-state index is 13.5. The predicted molar refractivity (Wildman–Crippen MR) is 108 cm³/mol. The zero-order valence-corrected chi connectivity index (χ0v) is 17.1. The zero-order valence-electron chi connectivity index (χ0n) is 15.5. The first-order valence-corrected chi connectivity index (χ1v) is 10.4. The maximum atomic E-state index is 13.5. The standard InChI is InChI=1S/C20H24N2O3S.ClH/c1-14-6-3-4-9-18(14)20-19-12-21-11-15(19)13-22(20)26(23,24)17-8-5-7-16(10-17)25-2;/h3-10,15,19-21H,11-13H2,1-2H3;1H/t15-,19-,20-;/m0./s1. The molecule has 0 unspecified atom stereocenters. The van der Waals surface area contributed by atoms with Crippen LogP contribution in [0.5, 0.6) is 5.75 Å². The van der Waals surface area contributed by atoms with Crippen LogP contribution in [0.3, 0.4) is 0 Å². The number of nitrogens with one attached hydrogen (secondary N) is 1. The number of methoxy groups -OCH3 is 1. The van der Waals surface area contributed by atoms with Crippen LogP contribution < -0.4 is 10.1 Å². The van der Waals surface area contributed by atoms with Crippen LogP contribution in [-0.2, 0) is 10.0 Å². The monoisotopic (exact) mass is 408 g/mol. The van der Waals surface area contributed by atoms with Gasteiger partial charge in [0.1, 0.15) is 5.75 Å². The van der Waals surface area contributed by atoms with E-state index in [0.717, 1.165) is 24.2 Å². The van der Waals surface area contributed by atoms with Crippen molar-refractivity contribution in [3.8, 4) is 5.75 Å². The van der Waals surface area contributed by atoms with Crippen molar-refractivity contribution in [1.82, 2.24) is 9.62 Å². The molecule has 2 aliphatic rings. The lowest BCUT2D eigenvalue weighted by atomic mass is 9.88. The summed E-state index contributed by atoms with van der Waals surface area (Å²) in [5.41, 5.74) is 2.24. The molecule has 2 saturated heterocycles. The Morgan fingerprint density at radius 2 is 1.89 bits per heavy atom. The Morgan fingerprint density at radius 1 is 1.11 bits per heavy atom. The van der Waals surface area contributed by atoms with Crippen LogP contribution in [0, 0.1) is 18.8 Å². The molecule has 0 aliphatic carbocycles. The molecule has 2 aromatic carbocycles. The van der Waals surface area contributed by atoms with Crippen LogP contribution in [-0.4, -0.2) is 39.5 Å². The predicted octanol–water partition coefficient (Wildman–Crippen LogP) is 3.01. The van der Waals surface area contributed by atoms with E-state index in [1.807, 2.05) is 12.1 Å². The van der Waals surface area contributed by atoms with Crippen LogP contribution >= 0.6 is 12.4 Å². The van der Waals surface area contributed by atoms with Gasteiger partial charge < -0.3 is 10.1 Å². The van der Waals surface area contributed by atoms with Crippen LogP contribution in [0.2, 0.25) is 0 Å². The maximum Gasteiger partial charge on any atom is 0.243 e. The van der Waals surface area contributed by atoms with Gasteiger partial charge in [0.05, 0.1) is 18.0 Å².